The molecule has 0 aromatic rings. The fourth-order valence-electron chi connectivity index (χ4n) is 9.36. The van der Waals surface area contributed by atoms with Crippen molar-refractivity contribution in [2.45, 2.75) is 105 Å². The zero-order valence-electron chi connectivity index (χ0n) is 17.7. The van der Waals surface area contributed by atoms with Crippen molar-refractivity contribution < 1.29 is 5.11 Å². The molecule has 0 aromatic heterocycles. The standard InChI is InChI=1S/C24H42O/c1-7-16-10-14-23(5)17(16)8-9-19-22(4)13-12-20(25)21(2,3)18(22)11-15-24(19,23)6/h16-20,25H,7-15H2,1-6H3/t16-,17-,18?,19?,20+,22+,23-,24-/m1/s1. The zero-order valence-corrected chi connectivity index (χ0v) is 17.7. The van der Waals surface area contributed by atoms with Crippen LogP contribution in [0.1, 0.15) is 99.3 Å². The maximum Gasteiger partial charge on any atom is 0.0594 e. The van der Waals surface area contributed by atoms with E-state index in [0.717, 1.165) is 24.2 Å². The van der Waals surface area contributed by atoms with E-state index in [4.69, 9.17) is 0 Å². The third-order valence-electron chi connectivity index (χ3n) is 11.0. The van der Waals surface area contributed by atoms with Crippen LogP contribution in [-0.2, 0) is 0 Å². The molecular formula is C24H42O. The molecule has 0 heterocycles. The Morgan fingerprint density at radius 3 is 2.12 bits per heavy atom. The molecule has 0 aromatic carbocycles. The Bertz CT molecular complexity index is 538. The first-order valence-corrected chi connectivity index (χ1v) is 11.3. The molecule has 8 atom stereocenters. The molecule has 4 aliphatic carbocycles. The van der Waals surface area contributed by atoms with Gasteiger partial charge < -0.3 is 5.11 Å². The van der Waals surface area contributed by atoms with Crippen molar-refractivity contribution in [3.63, 3.8) is 0 Å². The molecule has 0 radical (unpaired) electrons. The number of aliphatic hydroxyl groups excluding tert-OH is 1. The third-order valence-corrected chi connectivity index (χ3v) is 11.0. The van der Waals surface area contributed by atoms with Crippen LogP contribution in [0, 0.1) is 45.3 Å². The Labute approximate surface area is 156 Å². The summed E-state index contributed by atoms with van der Waals surface area (Å²) >= 11 is 0. The number of fused-ring (bicyclic) bond motifs is 5. The third kappa shape index (κ3) is 2.11. The monoisotopic (exact) mass is 346 g/mol. The Morgan fingerprint density at radius 2 is 1.44 bits per heavy atom. The molecule has 4 saturated carbocycles. The van der Waals surface area contributed by atoms with Crippen LogP contribution in [-0.4, -0.2) is 11.2 Å². The van der Waals surface area contributed by atoms with Crippen molar-refractivity contribution in [2.75, 3.05) is 0 Å². The minimum Gasteiger partial charge on any atom is -0.393 e. The summed E-state index contributed by atoms with van der Waals surface area (Å²) in [6.45, 7) is 15.2. The van der Waals surface area contributed by atoms with E-state index in [1.54, 1.807) is 0 Å². The molecule has 25 heavy (non-hydrogen) atoms. The summed E-state index contributed by atoms with van der Waals surface area (Å²) in [6, 6.07) is 0. The van der Waals surface area contributed by atoms with Gasteiger partial charge in [-0.3, -0.25) is 0 Å². The van der Waals surface area contributed by atoms with E-state index in [9.17, 15) is 5.11 Å². The highest BCUT2D eigenvalue weighted by Gasteiger charge is 2.68. The predicted molar refractivity (Wildman–Crippen MR) is 105 cm³/mol. The van der Waals surface area contributed by atoms with Crippen LogP contribution < -0.4 is 0 Å². The molecule has 4 fully saturated rings. The molecule has 0 amide bonds. The predicted octanol–water partition coefficient (Wildman–Crippen LogP) is 6.44. The van der Waals surface area contributed by atoms with Gasteiger partial charge in [-0.2, -0.15) is 0 Å². The van der Waals surface area contributed by atoms with Crippen LogP contribution in [0.15, 0.2) is 0 Å². The van der Waals surface area contributed by atoms with Gasteiger partial charge in [0.05, 0.1) is 6.10 Å². The molecule has 0 aliphatic heterocycles. The zero-order chi connectivity index (χ0) is 18.3. The number of aliphatic hydroxyl groups is 1. The normalized spacial score (nSPS) is 57.5. The second-order valence-corrected chi connectivity index (χ2v) is 11.8. The van der Waals surface area contributed by atoms with Crippen LogP contribution in [0.25, 0.3) is 0 Å². The SMILES string of the molecule is CC[C@@H]1CC[C@]2(C)[C@@H]1CCC1[C@@]3(C)CC[C@H](O)C(C)(C)C3CC[C@]12C. The first-order chi connectivity index (χ1) is 11.6. The van der Waals surface area contributed by atoms with Gasteiger partial charge in [-0.1, -0.05) is 48.0 Å². The van der Waals surface area contributed by atoms with E-state index in [1.165, 1.54) is 51.4 Å². The number of rotatable bonds is 1. The van der Waals surface area contributed by atoms with E-state index >= 15 is 0 Å². The van der Waals surface area contributed by atoms with Crippen molar-refractivity contribution in [2.24, 2.45) is 45.3 Å². The van der Waals surface area contributed by atoms with Crippen molar-refractivity contribution in [3.8, 4) is 0 Å². The Morgan fingerprint density at radius 1 is 0.760 bits per heavy atom. The highest BCUT2D eigenvalue weighted by molar-refractivity contribution is 5.16. The van der Waals surface area contributed by atoms with E-state index in [-0.39, 0.29) is 11.5 Å². The minimum atomic E-state index is -0.0993. The summed E-state index contributed by atoms with van der Waals surface area (Å²) in [5, 5.41) is 10.7. The van der Waals surface area contributed by atoms with Crippen molar-refractivity contribution in [1.29, 1.82) is 0 Å². The molecule has 0 bridgehead atoms. The molecule has 0 spiro atoms. The quantitative estimate of drug-likeness (QED) is 0.579. The average Bonchev–Trinajstić information content (AvgIpc) is 2.89. The lowest BCUT2D eigenvalue weighted by atomic mass is 9.35. The van der Waals surface area contributed by atoms with Gasteiger partial charge in [0.1, 0.15) is 0 Å². The second kappa shape index (κ2) is 5.49. The van der Waals surface area contributed by atoms with Crippen molar-refractivity contribution in [3.05, 3.63) is 0 Å². The Balaban J connectivity index is 1.73. The topological polar surface area (TPSA) is 20.2 Å². The van der Waals surface area contributed by atoms with Gasteiger partial charge in [0, 0.05) is 0 Å². The molecule has 2 unspecified atom stereocenters. The minimum absolute atomic E-state index is 0.0910. The summed E-state index contributed by atoms with van der Waals surface area (Å²) in [7, 11) is 0. The molecule has 4 rings (SSSR count). The van der Waals surface area contributed by atoms with Crippen LogP contribution in [0.5, 0.6) is 0 Å². The van der Waals surface area contributed by atoms with Crippen LogP contribution >= 0.6 is 0 Å². The molecule has 1 N–H and O–H groups in total. The summed E-state index contributed by atoms with van der Waals surface area (Å²) in [5.41, 5.74) is 1.61. The molecule has 1 nitrogen and oxygen atoms in total. The maximum absolute atomic E-state index is 10.7. The van der Waals surface area contributed by atoms with Crippen molar-refractivity contribution in [1.82, 2.24) is 0 Å². The van der Waals surface area contributed by atoms with Crippen LogP contribution in [0.2, 0.25) is 0 Å². The van der Waals surface area contributed by atoms with E-state index in [0.29, 0.717) is 22.2 Å². The van der Waals surface area contributed by atoms with E-state index in [2.05, 4.69) is 41.5 Å². The summed E-state index contributed by atoms with van der Waals surface area (Å²) < 4.78 is 0. The van der Waals surface area contributed by atoms with Gasteiger partial charge in [-0.15, -0.1) is 0 Å². The van der Waals surface area contributed by atoms with Crippen LogP contribution in [0.3, 0.4) is 0 Å². The summed E-state index contributed by atoms with van der Waals surface area (Å²) in [4.78, 5) is 0. The number of hydrogen-bond donors (Lipinski definition) is 1. The van der Waals surface area contributed by atoms with Gasteiger partial charge in [0.15, 0.2) is 0 Å². The molecule has 0 saturated heterocycles. The van der Waals surface area contributed by atoms with Gasteiger partial charge >= 0.3 is 0 Å². The van der Waals surface area contributed by atoms with Gasteiger partial charge in [0.25, 0.3) is 0 Å². The lowest BCUT2D eigenvalue weighted by Gasteiger charge is -2.69. The van der Waals surface area contributed by atoms with Gasteiger partial charge in [-0.25, -0.2) is 0 Å². The van der Waals surface area contributed by atoms with E-state index < -0.39 is 0 Å². The first-order valence-electron chi connectivity index (χ1n) is 11.3. The summed E-state index contributed by atoms with van der Waals surface area (Å²) in [6.07, 6.45) is 12.2. The summed E-state index contributed by atoms with van der Waals surface area (Å²) in [5.74, 6) is 3.52. The highest BCUT2D eigenvalue weighted by atomic mass is 16.3. The molecule has 144 valence electrons. The number of hydrogen-bond acceptors (Lipinski definition) is 1. The smallest absolute Gasteiger partial charge is 0.0594 e. The van der Waals surface area contributed by atoms with Gasteiger partial charge in [-0.05, 0) is 96.7 Å². The maximum atomic E-state index is 10.7. The molecule has 1 heteroatoms. The fraction of sp³-hybridized carbons (Fsp3) is 1.00. The van der Waals surface area contributed by atoms with Crippen LogP contribution in [0.4, 0.5) is 0 Å². The Kier molecular flexibility index (Phi) is 4.03. The first kappa shape index (κ1) is 18.3. The van der Waals surface area contributed by atoms with Gasteiger partial charge in [0.2, 0.25) is 0 Å². The lowest BCUT2D eigenvalue weighted by molar-refractivity contribution is -0.221. The van der Waals surface area contributed by atoms with E-state index in [1.807, 2.05) is 0 Å². The fourth-order valence-corrected chi connectivity index (χ4v) is 9.36. The lowest BCUT2D eigenvalue weighted by Crippen LogP contribution is -2.63. The Hall–Kier alpha value is -0.0400. The van der Waals surface area contributed by atoms with Crippen molar-refractivity contribution >= 4 is 0 Å². The average molecular weight is 347 g/mol. The largest absolute Gasteiger partial charge is 0.393 e. The second-order valence-electron chi connectivity index (χ2n) is 11.8. The molecular weight excluding hydrogens is 304 g/mol. The molecule has 4 aliphatic rings. The highest BCUT2D eigenvalue weighted by Crippen LogP contribution is 2.75.